The van der Waals surface area contributed by atoms with Crippen LogP contribution in [-0.4, -0.2) is 19.9 Å². The molecule has 4 nitrogen and oxygen atoms in total. The maximum Gasteiger partial charge on any atom is 0.321 e. The lowest BCUT2D eigenvalue weighted by Crippen LogP contribution is -2.30. The summed E-state index contributed by atoms with van der Waals surface area (Å²) in [6, 6.07) is 2.12. The van der Waals surface area contributed by atoms with E-state index in [1.54, 1.807) is 0 Å². The monoisotopic (exact) mass is 216 g/mol. The van der Waals surface area contributed by atoms with E-state index in [9.17, 15) is 13.6 Å². The molecule has 0 aliphatic carbocycles. The Labute approximate surface area is 85.2 Å². The minimum absolute atomic E-state index is 0.0111. The van der Waals surface area contributed by atoms with Crippen molar-refractivity contribution >= 4 is 11.7 Å². The van der Waals surface area contributed by atoms with E-state index in [0.29, 0.717) is 0 Å². The summed E-state index contributed by atoms with van der Waals surface area (Å²) in [6.07, 6.45) is 0. The van der Waals surface area contributed by atoms with Crippen LogP contribution in [0.5, 0.6) is 0 Å². The second kappa shape index (κ2) is 5.26. The Hall–Kier alpha value is -1.69. The lowest BCUT2D eigenvalue weighted by Gasteiger charge is -2.07. The Morgan fingerprint density at radius 3 is 2.87 bits per heavy atom. The number of carbonyl (C=O) groups is 1. The van der Waals surface area contributed by atoms with Crippen molar-refractivity contribution in [3.63, 3.8) is 0 Å². The molecule has 6 heteroatoms. The van der Waals surface area contributed by atoms with Gasteiger partial charge < -0.3 is 15.4 Å². The van der Waals surface area contributed by atoms with Gasteiger partial charge in [0, 0.05) is 13.2 Å². The molecule has 2 amide bonds. The Morgan fingerprint density at radius 1 is 1.47 bits per heavy atom. The molecule has 0 unspecified atom stereocenters. The predicted molar refractivity (Wildman–Crippen MR) is 50.4 cm³/mol. The highest BCUT2D eigenvalue weighted by atomic mass is 19.1. The van der Waals surface area contributed by atoms with Gasteiger partial charge in [-0.25, -0.2) is 13.6 Å². The van der Waals surface area contributed by atoms with E-state index >= 15 is 0 Å². The van der Waals surface area contributed by atoms with Crippen molar-refractivity contribution in [1.29, 1.82) is 0 Å². The van der Waals surface area contributed by atoms with Crippen molar-refractivity contribution in [2.45, 2.75) is 0 Å². The molecule has 0 aromatic heterocycles. The van der Waals surface area contributed by atoms with Crippen LogP contribution in [0.25, 0.3) is 0 Å². The van der Waals surface area contributed by atoms with Crippen LogP contribution in [-0.2, 0) is 4.74 Å². The number of halogens is 2. The molecule has 0 aliphatic heterocycles. The number of amides is 2. The topological polar surface area (TPSA) is 50.4 Å². The van der Waals surface area contributed by atoms with Gasteiger partial charge >= 0.3 is 6.03 Å². The fourth-order valence-electron chi connectivity index (χ4n) is 0.898. The summed E-state index contributed by atoms with van der Waals surface area (Å²) in [4.78, 5) is 11.0. The van der Waals surface area contributed by atoms with E-state index in [1.165, 1.54) is 7.11 Å². The van der Waals surface area contributed by atoms with E-state index in [1.807, 2.05) is 0 Å². The summed E-state index contributed by atoms with van der Waals surface area (Å²) in [5.41, 5.74) is -0.219. The standard InChI is InChI=1S/C9H10F2N2O2/c1-15-5-12-9(14)13-8-4-6(10)2-3-7(8)11/h2-4H,5H2,1H3,(H2,12,13,14). The Bertz CT molecular complexity index is 358. The number of ether oxygens (including phenoxy) is 1. The van der Waals surface area contributed by atoms with Gasteiger partial charge in [0.15, 0.2) is 0 Å². The molecule has 2 N–H and O–H groups in total. The summed E-state index contributed by atoms with van der Waals surface area (Å²) >= 11 is 0. The van der Waals surface area contributed by atoms with Gasteiger partial charge in [0.2, 0.25) is 0 Å². The first-order valence-electron chi connectivity index (χ1n) is 4.12. The van der Waals surface area contributed by atoms with Gasteiger partial charge in [0.1, 0.15) is 18.4 Å². The number of hydrogen-bond donors (Lipinski definition) is 2. The third kappa shape index (κ3) is 3.51. The minimum Gasteiger partial charge on any atom is -0.364 e. The Kier molecular flexibility index (Phi) is 3.99. The third-order valence-electron chi connectivity index (χ3n) is 1.55. The molecule has 15 heavy (non-hydrogen) atoms. The summed E-state index contributed by atoms with van der Waals surface area (Å²) < 4.78 is 30.3. The van der Waals surface area contributed by atoms with Crippen LogP contribution >= 0.6 is 0 Å². The molecule has 0 atom stereocenters. The molecule has 0 spiro atoms. The van der Waals surface area contributed by atoms with Gasteiger partial charge in [-0.1, -0.05) is 0 Å². The normalized spacial score (nSPS) is 9.80. The molecule has 0 saturated carbocycles. The molecule has 0 saturated heterocycles. The maximum absolute atomic E-state index is 13.0. The summed E-state index contributed by atoms with van der Waals surface area (Å²) in [5, 5.41) is 4.41. The fourth-order valence-corrected chi connectivity index (χ4v) is 0.898. The van der Waals surface area contributed by atoms with Gasteiger partial charge in [0.05, 0.1) is 5.69 Å². The minimum atomic E-state index is -0.705. The van der Waals surface area contributed by atoms with Crippen LogP contribution in [0.4, 0.5) is 19.3 Å². The maximum atomic E-state index is 13.0. The predicted octanol–water partition coefficient (Wildman–Crippen LogP) is 1.69. The molecule has 0 bridgehead atoms. The van der Waals surface area contributed by atoms with E-state index in [2.05, 4.69) is 15.4 Å². The summed E-state index contributed by atoms with van der Waals surface area (Å²) in [7, 11) is 1.39. The molecule has 0 fully saturated rings. The van der Waals surface area contributed by atoms with Crippen molar-refractivity contribution in [2.75, 3.05) is 19.2 Å². The smallest absolute Gasteiger partial charge is 0.321 e. The molecule has 0 radical (unpaired) electrons. The van der Waals surface area contributed by atoms with Crippen LogP contribution in [0, 0.1) is 11.6 Å². The van der Waals surface area contributed by atoms with Crippen LogP contribution in [0.2, 0.25) is 0 Å². The highest BCUT2D eigenvalue weighted by Gasteiger charge is 2.06. The van der Waals surface area contributed by atoms with Gasteiger partial charge in [-0.3, -0.25) is 0 Å². The first-order valence-corrected chi connectivity index (χ1v) is 4.12. The Morgan fingerprint density at radius 2 is 2.20 bits per heavy atom. The summed E-state index contributed by atoms with van der Waals surface area (Å²) in [6.45, 7) is -0.0111. The van der Waals surface area contributed by atoms with Crippen molar-refractivity contribution in [2.24, 2.45) is 0 Å². The number of anilines is 1. The number of hydrogen-bond acceptors (Lipinski definition) is 2. The summed E-state index contributed by atoms with van der Waals surface area (Å²) in [5.74, 6) is -1.33. The van der Waals surface area contributed by atoms with E-state index in [-0.39, 0.29) is 12.4 Å². The van der Waals surface area contributed by atoms with Crippen molar-refractivity contribution < 1.29 is 18.3 Å². The van der Waals surface area contributed by atoms with Crippen molar-refractivity contribution in [1.82, 2.24) is 5.32 Å². The highest BCUT2D eigenvalue weighted by Crippen LogP contribution is 2.14. The molecule has 1 aromatic carbocycles. The quantitative estimate of drug-likeness (QED) is 0.755. The second-order valence-electron chi connectivity index (χ2n) is 2.69. The van der Waals surface area contributed by atoms with Gasteiger partial charge in [-0.05, 0) is 12.1 Å². The third-order valence-corrected chi connectivity index (χ3v) is 1.55. The highest BCUT2D eigenvalue weighted by molar-refractivity contribution is 5.89. The van der Waals surface area contributed by atoms with E-state index in [0.717, 1.165) is 18.2 Å². The average Bonchev–Trinajstić information content (AvgIpc) is 2.20. The largest absolute Gasteiger partial charge is 0.364 e. The van der Waals surface area contributed by atoms with Crippen LogP contribution in [0.3, 0.4) is 0 Å². The number of rotatable bonds is 3. The molecule has 82 valence electrons. The van der Waals surface area contributed by atoms with Crippen LogP contribution in [0.1, 0.15) is 0 Å². The molecular formula is C9H10F2N2O2. The van der Waals surface area contributed by atoms with Crippen molar-refractivity contribution in [3.05, 3.63) is 29.8 Å². The number of nitrogens with one attached hydrogen (secondary N) is 2. The van der Waals surface area contributed by atoms with E-state index in [4.69, 9.17) is 0 Å². The average molecular weight is 216 g/mol. The first-order chi connectivity index (χ1) is 7.13. The lowest BCUT2D eigenvalue weighted by atomic mass is 10.3. The number of urea groups is 1. The number of methoxy groups -OCH3 is 1. The molecule has 1 rings (SSSR count). The fraction of sp³-hybridized carbons (Fsp3) is 0.222. The molecular weight excluding hydrogens is 206 g/mol. The van der Waals surface area contributed by atoms with Gasteiger partial charge in [-0.2, -0.15) is 0 Å². The van der Waals surface area contributed by atoms with Gasteiger partial charge in [-0.15, -0.1) is 0 Å². The van der Waals surface area contributed by atoms with E-state index < -0.39 is 17.7 Å². The van der Waals surface area contributed by atoms with Gasteiger partial charge in [0.25, 0.3) is 0 Å². The molecule has 1 aromatic rings. The second-order valence-corrected chi connectivity index (χ2v) is 2.69. The Balaban J connectivity index is 2.63. The molecule has 0 heterocycles. The van der Waals surface area contributed by atoms with Crippen LogP contribution < -0.4 is 10.6 Å². The number of benzene rings is 1. The zero-order chi connectivity index (χ0) is 11.3. The molecule has 0 aliphatic rings. The van der Waals surface area contributed by atoms with Crippen LogP contribution in [0.15, 0.2) is 18.2 Å². The first kappa shape index (κ1) is 11.4. The zero-order valence-corrected chi connectivity index (χ0v) is 8.01. The zero-order valence-electron chi connectivity index (χ0n) is 8.01. The lowest BCUT2D eigenvalue weighted by molar-refractivity contribution is 0.177. The van der Waals surface area contributed by atoms with Crippen molar-refractivity contribution in [3.8, 4) is 0 Å². The SMILES string of the molecule is COCNC(=O)Nc1cc(F)ccc1F. The number of carbonyl (C=O) groups excluding carboxylic acids is 1.